The van der Waals surface area contributed by atoms with E-state index in [0.29, 0.717) is 0 Å². The minimum Gasteiger partial charge on any atom is -0.488 e. The fourth-order valence-corrected chi connectivity index (χ4v) is 2.55. The van der Waals surface area contributed by atoms with E-state index in [1.54, 1.807) is 6.08 Å². The van der Waals surface area contributed by atoms with Gasteiger partial charge in [-0.15, -0.1) is 0 Å². The number of nitrogens with zero attached hydrogens (tertiary/aromatic N) is 3. The number of fused-ring (bicyclic) bond motifs is 1. The summed E-state index contributed by atoms with van der Waals surface area (Å²) in [6.45, 7) is 2.84. The number of aromatic amines is 1. The van der Waals surface area contributed by atoms with Crippen molar-refractivity contribution in [2.24, 2.45) is 0 Å². The van der Waals surface area contributed by atoms with Gasteiger partial charge in [-0.3, -0.25) is 14.9 Å². The first-order valence-electron chi connectivity index (χ1n) is 7.25. The summed E-state index contributed by atoms with van der Waals surface area (Å²) in [4.78, 5) is 27.3. The number of benzene rings is 1. The van der Waals surface area contributed by atoms with E-state index < -0.39 is 22.0 Å². The van der Waals surface area contributed by atoms with Gasteiger partial charge in [-0.25, -0.2) is 0 Å². The number of aromatic hydroxyl groups is 1. The van der Waals surface area contributed by atoms with Crippen LogP contribution in [0.1, 0.15) is 18.3 Å². The van der Waals surface area contributed by atoms with Gasteiger partial charge in [0.15, 0.2) is 0 Å². The molecule has 8 nitrogen and oxygen atoms in total. The molecule has 0 amide bonds. The van der Waals surface area contributed by atoms with Gasteiger partial charge in [-0.1, -0.05) is 18.2 Å². The van der Waals surface area contributed by atoms with Crippen molar-refractivity contribution in [2.45, 2.75) is 13.5 Å². The van der Waals surface area contributed by atoms with Crippen LogP contribution in [0, 0.1) is 10.1 Å². The van der Waals surface area contributed by atoms with Gasteiger partial charge in [0.25, 0.3) is 5.88 Å². The first-order valence-corrected chi connectivity index (χ1v) is 7.25. The van der Waals surface area contributed by atoms with Gasteiger partial charge >= 0.3 is 11.2 Å². The number of nitrogens with one attached hydrogen (secondary N) is 1. The second-order valence-corrected chi connectivity index (χ2v) is 5.10. The molecule has 2 aromatic heterocycles. The molecule has 0 bridgehead atoms. The number of rotatable bonds is 4. The maximum atomic E-state index is 11.6. The molecule has 0 saturated heterocycles. The van der Waals surface area contributed by atoms with Gasteiger partial charge in [-0.05, 0) is 25.1 Å². The van der Waals surface area contributed by atoms with Gasteiger partial charge in [0.2, 0.25) is 0 Å². The molecule has 8 heteroatoms. The van der Waals surface area contributed by atoms with Crippen molar-refractivity contribution in [3.05, 3.63) is 62.3 Å². The standard InChI is InChI=1S/C16H14N4O4/c1-2-19-9-10(11-5-3-4-6-12(11)19)7-8-13-17-15(21)14(20(23)24)16(22)18-13/h3-9H,2H2,1H3,(H2,17,18,21,22). The summed E-state index contributed by atoms with van der Waals surface area (Å²) in [7, 11) is 0. The van der Waals surface area contributed by atoms with Gasteiger partial charge in [0.05, 0.1) is 4.92 Å². The lowest BCUT2D eigenvalue weighted by Gasteiger charge is -1.98. The number of hydrogen-bond donors (Lipinski definition) is 2. The molecule has 24 heavy (non-hydrogen) atoms. The van der Waals surface area contributed by atoms with Crippen LogP contribution in [-0.4, -0.2) is 24.6 Å². The number of para-hydroxylation sites is 1. The van der Waals surface area contributed by atoms with Crippen molar-refractivity contribution in [2.75, 3.05) is 0 Å². The van der Waals surface area contributed by atoms with E-state index in [1.807, 2.05) is 37.4 Å². The maximum Gasteiger partial charge on any atom is 0.395 e. The van der Waals surface area contributed by atoms with E-state index in [-0.39, 0.29) is 5.82 Å². The third-order valence-corrected chi connectivity index (χ3v) is 3.66. The van der Waals surface area contributed by atoms with E-state index >= 15 is 0 Å². The Hall–Kier alpha value is -3.42. The first kappa shape index (κ1) is 15.5. The van der Waals surface area contributed by atoms with E-state index in [2.05, 4.69) is 14.5 Å². The highest BCUT2D eigenvalue weighted by molar-refractivity contribution is 5.91. The van der Waals surface area contributed by atoms with Crippen molar-refractivity contribution in [1.29, 1.82) is 0 Å². The van der Waals surface area contributed by atoms with Gasteiger partial charge in [0.1, 0.15) is 5.82 Å². The molecule has 0 fully saturated rings. The molecule has 0 saturated carbocycles. The average Bonchev–Trinajstić information content (AvgIpc) is 2.90. The minimum absolute atomic E-state index is 0.0384. The summed E-state index contributed by atoms with van der Waals surface area (Å²) < 4.78 is 2.08. The summed E-state index contributed by atoms with van der Waals surface area (Å²) in [6, 6.07) is 7.87. The highest BCUT2D eigenvalue weighted by Crippen LogP contribution is 2.23. The Morgan fingerprint density at radius 1 is 1.38 bits per heavy atom. The van der Waals surface area contributed by atoms with Crippen molar-refractivity contribution in [3.63, 3.8) is 0 Å². The molecule has 0 atom stereocenters. The molecule has 122 valence electrons. The third-order valence-electron chi connectivity index (χ3n) is 3.66. The van der Waals surface area contributed by atoms with Crippen LogP contribution >= 0.6 is 0 Å². The number of nitro groups is 1. The lowest BCUT2D eigenvalue weighted by atomic mass is 10.1. The zero-order chi connectivity index (χ0) is 17.3. The molecule has 0 unspecified atom stereocenters. The van der Waals surface area contributed by atoms with Crippen LogP contribution < -0.4 is 5.56 Å². The largest absolute Gasteiger partial charge is 0.488 e. The fraction of sp³-hybridized carbons (Fsp3) is 0.125. The molecule has 0 spiro atoms. The van der Waals surface area contributed by atoms with Crippen LogP contribution in [0.3, 0.4) is 0 Å². The smallest absolute Gasteiger partial charge is 0.395 e. The van der Waals surface area contributed by atoms with Crippen molar-refractivity contribution in [3.8, 4) is 5.88 Å². The third kappa shape index (κ3) is 2.65. The summed E-state index contributed by atoms with van der Waals surface area (Å²) in [5.74, 6) is -0.865. The Bertz CT molecular complexity index is 1020. The lowest BCUT2D eigenvalue weighted by molar-refractivity contribution is -0.387. The number of hydrogen-bond acceptors (Lipinski definition) is 5. The van der Waals surface area contributed by atoms with Crippen LogP contribution in [-0.2, 0) is 6.54 Å². The number of H-pyrrole nitrogens is 1. The molecule has 3 rings (SSSR count). The molecule has 1 aromatic carbocycles. The number of aromatic nitrogens is 3. The minimum atomic E-state index is -0.997. The molecule has 0 aliphatic carbocycles. The molecule has 0 radical (unpaired) electrons. The van der Waals surface area contributed by atoms with Crippen LogP contribution in [0.15, 0.2) is 35.3 Å². The average molecular weight is 326 g/mol. The highest BCUT2D eigenvalue weighted by Gasteiger charge is 2.21. The molecule has 2 N–H and O–H groups in total. The second-order valence-electron chi connectivity index (χ2n) is 5.10. The summed E-state index contributed by atoms with van der Waals surface area (Å²) in [5.41, 5.74) is 0.0264. The SMILES string of the molecule is CCn1cc(C=Cc2nc(O)c([N+](=O)[O-])c(=O)[nH]2)c2ccccc21. The van der Waals surface area contributed by atoms with Gasteiger partial charge in [0, 0.05) is 29.2 Å². The van der Waals surface area contributed by atoms with E-state index in [9.17, 15) is 20.0 Å². The summed E-state index contributed by atoms with van der Waals surface area (Å²) >= 11 is 0. The Balaban J connectivity index is 2.03. The Labute approximate surface area is 135 Å². The molecular weight excluding hydrogens is 312 g/mol. The zero-order valence-electron chi connectivity index (χ0n) is 12.8. The van der Waals surface area contributed by atoms with Crippen LogP contribution in [0.2, 0.25) is 0 Å². The topological polar surface area (TPSA) is 114 Å². The monoisotopic (exact) mass is 326 g/mol. The lowest BCUT2D eigenvalue weighted by Crippen LogP contribution is -2.14. The van der Waals surface area contributed by atoms with E-state index in [1.165, 1.54) is 6.08 Å². The molecule has 3 aromatic rings. The fourth-order valence-electron chi connectivity index (χ4n) is 2.55. The van der Waals surface area contributed by atoms with E-state index in [0.717, 1.165) is 23.0 Å². The van der Waals surface area contributed by atoms with Crippen molar-refractivity contribution >= 4 is 28.7 Å². The second kappa shape index (κ2) is 5.99. The molecular formula is C16H14N4O4. The molecule has 0 aliphatic heterocycles. The zero-order valence-corrected chi connectivity index (χ0v) is 12.8. The molecule has 2 heterocycles. The molecule has 0 aliphatic rings. The van der Waals surface area contributed by atoms with Crippen LogP contribution in [0.4, 0.5) is 5.69 Å². The summed E-state index contributed by atoms with van der Waals surface area (Å²) in [6.07, 6.45) is 5.19. The first-order chi connectivity index (χ1) is 11.5. The predicted molar refractivity (Wildman–Crippen MR) is 89.7 cm³/mol. The Morgan fingerprint density at radius 3 is 2.79 bits per heavy atom. The van der Waals surface area contributed by atoms with Gasteiger partial charge < -0.3 is 14.7 Å². The maximum absolute atomic E-state index is 11.6. The quantitative estimate of drug-likeness (QED) is 0.565. The predicted octanol–water partition coefficient (Wildman–Crippen LogP) is 2.53. The van der Waals surface area contributed by atoms with Crippen LogP contribution in [0.25, 0.3) is 23.1 Å². The van der Waals surface area contributed by atoms with Crippen molar-refractivity contribution in [1.82, 2.24) is 14.5 Å². The van der Waals surface area contributed by atoms with E-state index in [4.69, 9.17) is 0 Å². The normalized spacial score (nSPS) is 11.4. The summed E-state index contributed by atoms with van der Waals surface area (Å²) in [5, 5.41) is 21.3. The van der Waals surface area contributed by atoms with Gasteiger partial charge in [-0.2, -0.15) is 4.98 Å². The highest BCUT2D eigenvalue weighted by atomic mass is 16.6. The Morgan fingerprint density at radius 2 is 2.12 bits per heavy atom. The van der Waals surface area contributed by atoms with Crippen molar-refractivity contribution < 1.29 is 10.0 Å². The van der Waals surface area contributed by atoms with Crippen LogP contribution in [0.5, 0.6) is 5.88 Å². The Kier molecular flexibility index (Phi) is 3.87. The number of aryl methyl sites for hydroxylation is 1.